The Kier molecular flexibility index (Phi) is 4.95. The Bertz CT molecular complexity index is 938. The molecule has 8 heteroatoms. The zero-order chi connectivity index (χ0) is 18.3. The van der Waals surface area contributed by atoms with Crippen molar-refractivity contribution in [1.82, 2.24) is 9.78 Å². The zero-order valence-electron chi connectivity index (χ0n) is 14.1. The van der Waals surface area contributed by atoms with Crippen LogP contribution in [-0.2, 0) is 6.54 Å². The Morgan fingerprint density at radius 2 is 1.96 bits per heavy atom. The van der Waals surface area contributed by atoms with Crippen LogP contribution in [0.3, 0.4) is 0 Å². The minimum absolute atomic E-state index is 0.214. The molecule has 0 unspecified atom stereocenters. The summed E-state index contributed by atoms with van der Waals surface area (Å²) in [4.78, 5) is 14.2. The number of nitrogen functional groups attached to an aromatic ring is 1. The van der Waals surface area contributed by atoms with Crippen LogP contribution >= 0.6 is 34.5 Å². The van der Waals surface area contributed by atoms with E-state index in [9.17, 15) is 4.79 Å². The van der Waals surface area contributed by atoms with E-state index in [0.717, 1.165) is 22.5 Å². The summed E-state index contributed by atoms with van der Waals surface area (Å²) < 4.78 is 1.97. The average Bonchev–Trinajstić information content (AvgIpc) is 3.06. The largest absolute Gasteiger partial charge is 0.396 e. The lowest BCUT2D eigenvalue weighted by Crippen LogP contribution is -2.10. The van der Waals surface area contributed by atoms with Gasteiger partial charge in [-0.2, -0.15) is 5.10 Å². The van der Waals surface area contributed by atoms with E-state index in [1.165, 1.54) is 11.3 Å². The van der Waals surface area contributed by atoms with E-state index >= 15 is 0 Å². The van der Waals surface area contributed by atoms with Crippen molar-refractivity contribution in [3.05, 3.63) is 38.8 Å². The van der Waals surface area contributed by atoms with Crippen LogP contribution in [0.1, 0.15) is 29.2 Å². The van der Waals surface area contributed by atoms with Gasteiger partial charge < -0.3 is 11.1 Å². The van der Waals surface area contributed by atoms with Crippen LogP contribution in [0.15, 0.2) is 18.2 Å². The molecule has 0 atom stereocenters. The highest BCUT2D eigenvalue weighted by Gasteiger charge is 2.17. The van der Waals surface area contributed by atoms with Gasteiger partial charge in [0.25, 0.3) is 5.91 Å². The fourth-order valence-electron chi connectivity index (χ4n) is 2.54. The number of nitrogens with one attached hydrogen (secondary N) is 1. The van der Waals surface area contributed by atoms with Gasteiger partial charge in [0, 0.05) is 17.6 Å². The number of aryl methyl sites for hydroxylation is 1. The fraction of sp³-hybridized carbons (Fsp3) is 0.294. The van der Waals surface area contributed by atoms with Gasteiger partial charge in [0.2, 0.25) is 0 Å². The molecule has 1 aromatic carbocycles. The Morgan fingerprint density at radius 1 is 1.32 bits per heavy atom. The normalized spacial score (nSPS) is 11.4. The molecule has 0 saturated heterocycles. The van der Waals surface area contributed by atoms with Gasteiger partial charge in [0.15, 0.2) is 0 Å². The van der Waals surface area contributed by atoms with Gasteiger partial charge >= 0.3 is 0 Å². The molecule has 0 fully saturated rings. The van der Waals surface area contributed by atoms with E-state index in [-0.39, 0.29) is 5.91 Å². The van der Waals surface area contributed by atoms with Crippen LogP contribution in [-0.4, -0.2) is 15.7 Å². The predicted octanol–water partition coefficient (Wildman–Crippen LogP) is 5.20. The lowest BCUT2D eigenvalue weighted by Gasteiger charge is -2.07. The first-order chi connectivity index (χ1) is 11.8. The topological polar surface area (TPSA) is 72.9 Å². The number of anilines is 2. The smallest absolute Gasteiger partial charge is 0.265 e. The fourth-order valence-corrected chi connectivity index (χ4v) is 4.10. The van der Waals surface area contributed by atoms with E-state index < -0.39 is 0 Å². The zero-order valence-corrected chi connectivity index (χ0v) is 16.4. The van der Waals surface area contributed by atoms with Crippen LogP contribution in [0, 0.1) is 12.8 Å². The van der Waals surface area contributed by atoms with Gasteiger partial charge in [0.1, 0.15) is 4.83 Å². The predicted molar refractivity (Wildman–Crippen MR) is 106 cm³/mol. The number of rotatable bonds is 4. The van der Waals surface area contributed by atoms with Crippen LogP contribution < -0.4 is 11.1 Å². The van der Waals surface area contributed by atoms with Gasteiger partial charge in [-0.25, -0.2) is 0 Å². The molecule has 3 aromatic rings. The molecule has 5 nitrogen and oxygen atoms in total. The summed E-state index contributed by atoms with van der Waals surface area (Å²) in [5, 5.41) is 8.99. The third kappa shape index (κ3) is 3.61. The second-order valence-electron chi connectivity index (χ2n) is 6.30. The molecule has 3 rings (SSSR count). The molecule has 3 N–H and O–H groups in total. The molecule has 0 aliphatic carbocycles. The van der Waals surface area contributed by atoms with E-state index in [1.807, 2.05) is 17.7 Å². The minimum atomic E-state index is -0.214. The number of hydrogen-bond donors (Lipinski definition) is 2. The summed E-state index contributed by atoms with van der Waals surface area (Å²) in [6, 6.07) is 5.04. The molecule has 0 saturated carbocycles. The van der Waals surface area contributed by atoms with E-state index in [1.54, 1.807) is 12.1 Å². The number of thiophene rings is 1. The Hall–Kier alpha value is -1.76. The molecule has 2 heterocycles. The molecule has 1 amide bonds. The number of aromatic nitrogens is 2. The van der Waals surface area contributed by atoms with Crippen molar-refractivity contribution in [2.75, 3.05) is 11.1 Å². The number of nitrogens with two attached hydrogens (primary N) is 1. The van der Waals surface area contributed by atoms with Crippen molar-refractivity contribution in [3.8, 4) is 0 Å². The standard InChI is InChI=1S/C17H18Cl2N4OS/c1-8(2)7-23-17-11(9(3)22-23)6-14(25-17)16(24)21-10-4-12(18)15(20)13(19)5-10/h4-6,8H,7,20H2,1-3H3,(H,21,24). The summed E-state index contributed by atoms with van der Waals surface area (Å²) >= 11 is 13.5. The maximum Gasteiger partial charge on any atom is 0.265 e. The van der Waals surface area contributed by atoms with Crippen molar-refractivity contribution in [2.45, 2.75) is 27.3 Å². The number of amides is 1. The van der Waals surface area contributed by atoms with Crippen molar-refractivity contribution in [2.24, 2.45) is 5.92 Å². The highest BCUT2D eigenvalue weighted by molar-refractivity contribution is 7.20. The number of benzene rings is 1. The van der Waals surface area contributed by atoms with Crippen LogP contribution in [0.5, 0.6) is 0 Å². The molecule has 2 aromatic heterocycles. The lowest BCUT2D eigenvalue weighted by molar-refractivity contribution is 0.103. The van der Waals surface area contributed by atoms with Crippen molar-refractivity contribution >= 4 is 62.0 Å². The molecule has 0 bridgehead atoms. The summed E-state index contributed by atoms with van der Waals surface area (Å²) in [6.07, 6.45) is 0. The second-order valence-corrected chi connectivity index (χ2v) is 8.14. The molecular formula is C17H18Cl2N4OS. The highest BCUT2D eigenvalue weighted by Crippen LogP contribution is 2.33. The van der Waals surface area contributed by atoms with E-state index in [2.05, 4.69) is 24.3 Å². The number of fused-ring (bicyclic) bond motifs is 1. The molecule has 0 aliphatic rings. The van der Waals surface area contributed by atoms with Crippen molar-refractivity contribution in [3.63, 3.8) is 0 Å². The molecule has 0 aliphatic heterocycles. The molecule has 25 heavy (non-hydrogen) atoms. The summed E-state index contributed by atoms with van der Waals surface area (Å²) in [7, 11) is 0. The van der Waals surface area contributed by atoms with Crippen molar-refractivity contribution in [1.29, 1.82) is 0 Å². The number of nitrogens with zero attached hydrogens (tertiary/aromatic N) is 2. The first-order valence-corrected chi connectivity index (χ1v) is 9.36. The quantitative estimate of drug-likeness (QED) is 0.594. The Morgan fingerprint density at radius 3 is 2.56 bits per heavy atom. The third-order valence-electron chi connectivity index (χ3n) is 3.71. The van der Waals surface area contributed by atoms with Gasteiger partial charge in [-0.05, 0) is 31.0 Å². The summed E-state index contributed by atoms with van der Waals surface area (Å²) in [6.45, 7) is 7.04. The van der Waals surface area contributed by atoms with Crippen molar-refractivity contribution < 1.29 is 4.79 Å². The molecule has 132 valence electrons. The maximum atomic E-state index is 12.6. The molecule has 0 radical (unpaired) electrons. The first-order valence-electron chi connectivity index (χ1n) is 7.79. The molecule has 0 spiro atoms. The van der Waals surface area contributed by atoms with Gasteiger partial charge in [-0.3, -0.25) is 9.48 Å². The van der Waals surface area contributed by atoms with E-state index in [4.69, 9.17) is 28.9 Å². The number of carbonyl (C=O) groups is 1. The average molecular weight is 397 g/mol. The third-order valence-corrected chi connectivity index (χ3v) is 5.48. The Labute approximate surface area is 159 Å². The second kappa shape index (κ2) is 6.86. The van der Waals surface area contributed by atoms with Gasteiger partial charge in [-0.15, -0.1) is 11.3 Å². The summed E-state index contributed by atoms with van der Waals surface area (Å²) in [5.74, 6) is 0.259. The highest BCUT2D eigenvalue weighted by atomic mass is 35.5. The minimum Gasteiger partial charge on any atom is -0.396 e. The summed E-state index contributed by atoms with van der Waals surface area (Å²) in [5.41, 5.74) is 7.44. The number of halogens is 2. The number of carbonyl (C=O) groups excluding carboxylic acids is 1. The van der Waals surface area contributed by atoms with E-state index in [0.29, 0.717) is 32.2 Å². The van der Waals surface area contributed by atoms with Crippen LogP contribution in [0.4, 0.5) is 11.4 Å². The first kappa shape index (κ1) is 18.0. The monoisotopic (exact) mass is 396 g/mol. The number of hydrogen-bond acceptors (Lipinski definition) is 4. The Balaban J connectivity index is 1.90. The lowest BCUT2D eigenvalue weighted by atomic mass is 10.2. The van der Waals surface area contributed by atoms with Gasteiger partial charge in [-0.1, -0.05) is 37.0 Å². The van der Waals surface area contributed by atoms with Crippen LogP contribution in [0.2, 0.25) is 10.0 Å². The van der Waals surface area contributed by atoms with Crippen LogP contribution in [0.25, 0.3) is 10.2 Å². The SMILES string of the molecule is Cc1nn(CC(C)C)c2sc(C(=O)Nc3cc(Cl)c(N)c(Cl)c3)cc12. The maximum absolute atomic E-state index is 12.6. The van der Waals surface area contributed by atoms with Gasteiger partial charge in [0.05, 0.1) is 26.3 Å². The molecular weight excluding hydrogens is 379 g/mol.